The van der Waals surface area contributed by atoms with Crippen LogP contribution in [-0.4, -0.2) is 37.2 Å². The van der Waals surface area contributed by atoms with Gasteiger partial charge in [0.2, 0.25) is 0 Å². The molecule has 1 amide bonds. The SMILES string of the molecule is COCc1ccccc1.N#Cc1cc(C23COCCC2CSC(NC(=O)c2ccccc2)=N3)c(F)cc1F. The van der Waals surface area contributed by atoms with E-state index in [0.29, 0.717) is 42.2 Å². The lowest BCUT2D eigenvalue weighted by Gasteiger charge is -2.44. The Morgan fingerprint density at radius 2 is 1.87 bits per heavy atom. The highest BCUT2D eigenvalue weighted by molar-refractivity contribution is 8.13. The molecule has 6 nitrogen and oxygen atoms in total. The number of fused-ring (bicyclic) bond motifs is 1. The number of amides is 1. The van der Waals surface area contributed by atoms with E-state index in [1.807, 2.05) is 36.4 Å². The van der Waals surface area contributed by atoms with Gasteiger partial charge in [-0.2, -0.15) is 5.26 Å². The molecule has 5 rings (SSSR count). The molecule has 1 N–H and O–H groups in total. The summed E-state index contributed by atoms with van der Waals surface area (Å²) in [6, 6.07) is 22.5. The minimum Gasteiger partial charge on any atom is -0.380 e. The number of benzene rings is 3. The van der Waals surface area contributed by atoms with E-state index in [9.17, 15) is 18.8 Å². The molecular weight excluding hydrogens is 508 g/mol. The number of carbonyl (C=O) groups excluding carboxylic acids is 1. The van der Waals surface area contributed by atoms with Gasteiger partial charge in [-0.15, -0.1) is 0 Å². The number of halogens is 2. The molecule has 0 aromatic heterocycles. The number of rotatable bonds is 4. The van der Waals surface area contributed by atoms with Crippen LogP contribution in [0.15, 0.2) is 77.8 Å². The van der Waals surface area contributed by atoms with Crippen LogP contribution in [0.25, 0.3) is 0 Å². The van der Waals surface area contributed by atoms with Crippen LogP contribution in [0.1, 0.15) is 33.5 Å². The monoisotopic (exact) mass is 535 g/mol. The number of thioether (sulfide) groups is 1. The molecule has 2 aliphatic rings. The third-order valence-corrected chi connectivity index (χ3v) is 7.42. The Morgan fingerprint density at radius 3 is 2.55 bits per heavy atom. The van der Waals surface area contributed by atoms with Crippen LogP contribution in [0.3, 0.4) is 0 Å². The number of nitrogens with zero attached hydrogens (tertiary/aromatic N) is 2. The number of carbonyl (C=O) groups is 1. The summed E-state index contributed by atoms with van der Waals surface area (Å²) < 4.78 is 39.2. The van der Waals surface area contributed by atoms with Crippen LogP contribution in [0.2, 0.25) is 0 Å². The van der Waals surface area contributed by atoms with E-state index >= 15 is 0 Å². The summed E-state index contributed by atoms with van der Waals surface area (Å²) in [5.74, 6) is -1.48. The normalized spacial score (nSPS) is 20.2. The Kier molecular flexibility index (Phi) is 9.24. The molecule has 38 heavy (non-hydrogen) atoms. The van der Waals surface area contributed by atoms with Crippen LogP contribution in [0.4, 0.5) is 8.78 Å². The van der Waals surface area contributed by atoms with Crippen LogP contribution >= 0.6 is 11.8 Å². The van der Waals surface area contributed by atoms with Crippen LogP contribution in [-0.2, 0) is 21.6 Å². The number of ether oxygens (including phenoxy) is 2. The second kappa shape index (κ2) is 12.8. The lowest BCUT2D eigenvalue weighted by Crippen LogP contribution is -2.49. The molecule has 2 heterocycles. The summed E-state index contributed by atoms with van der Waals surface area (Å²) in [5, 5.41) is 12.3. The molecule has 2 unspecified atom stereocenters. The van der Waals surface area contributed by atoms with Crippen molar-refractivity contribution in [2.45, 2.75) is 18.6 Å². The van der Waals surface area contributed by atoms with Gasteiger partial charge in [0.05, 0.1) is 18.8 Å². The number of nitrogens with one attached hydrogen (secondary N) is 1. The van der Waals surface area contributed by atoms with Crippen molar-refractivity contribution in [1.29, 1.82) is 5.26 Å². The van der Waals surface area contributed by atoms with Gasteiger partial charge < -0.3 is 14.8 Å². The number of methoxy groups -OCH3 is 1. The summed E-state index contributed by atoms with van der Waals surface area (Å²) in [7, 11) is 1.70. The quantitative estimate of drug-likeness (QED) is 0.482. The summed E-state index contributed by atoms with van der Waals surface area (Å²) in [4.78, 5) is 17.2. The number of amidine groups is 1. The van der Waals surface area contributed by atoms with Gasteiger partial charge in [0, 0.05) is 42.6 Å². The maximum absolute atomic E-state index is 14.8. The second-order valence-corrected chi connectivity index (χ2v) is 9.86. The van der Waals surface area contributed by atoms with Gasteiger partial charge in [-0.1, -0.05) is 60.3 Å². The molecule has 196 valence electrons. The Balaban J connectivity index is 0.000000317. The molecule has 0 bridgehead atoms. The van der Waals surface area contributed by atoms with Gasteiger partial charge >= 0.3 is 0 Å². The summed E-state index contributed by atoms with van der Waals surface area (Å²) >= 11 is 1.39. The number of hydrogen-bond acceptors (Lipinski definition) is 6. The molecule has 9 heteroatoms. The first-order valence-electron chi connectivity index (χ1n) is 12.1. The Bertz CT molecular complexity index is 1330. The first-order valence-corrected chi connectivity index (χ1v) is 13.0. The van der Waals surface area contributed by atoms with Gasteiger partial charge in [0.1, 0.15) is 23.2 Å². The molecule has 0 saturated carbocycles. The zero-order valence-electron chi connectivity index (χ0n) is 20.8. The van der Waals surface area contributed by atoms with Crippen LogP contribution < -0.4 is 5.32 Å². The van der Waals surface area contributed by atoms with E-state index in [0.717, 1.165) is 0 Å². The molecule has 0 spiro atoms. The van der Waals surface area contributed by atoms with Crippen molar-refractivity contribution in [2.75, 3.05) is 26.1 Å². The predicted octanol–water partition coefficient (Wildman–Crippen LogP) is 5.43. The number of nitriles is 1. The first kappa shape index (κ1) is 27.5. The fraction of sp³-hybridized carbons (Fsp3) is 0.276. The highest BCUT2D eigenvalue weighted by atomic mass is 32.2. The van der Waals surface area contributed by atoms with Gasteiger partial charge in [-0.05, 0) is 30.2 Å². The predicted molar refractivity (Wildman–Crippen MR) is 143 cm³/mol. The molecule has 3 aromatic rings. The van der Waals surface area contributed by atoms with E-state index in [-0.39, 0.29) is 29.6 Å². The Hall–Kier alpha value is -3.58. The van der Waals surface area contributed by atoms with Crippen molar-refractivity contribution in [3.63, 3.8) is 0 Å². The smallest absolute Gasteiger partial charge is 0.257 e. The van der Waals surface area contributed by atoms with Crippen LogP contribution in [0.5, 0.6) is 0 Å². The third-order valence-electron chi connectivity index (χ3n) is 6.38. The molecule has 0 radical (unpaired) electrons. The lowest BCUT2D eigenvalue weighted by molar-refractivity contribution is 0.00284. The van der Waals surface area contributed by atoms with Crippen molar-refractivity contribution in [3.05, 3.63) is 107 Å². The minimum atomic E-state index is -1.12. The van der Waals surface area contributed by atoms with Crippen LogP contribution in [0, 0.1) is 28.9 Å². The maximum Gasteiger partial charge on any atom is 0.257 e. The van der Waals surface area contributed by atoms with Crippen molar-refractivity contribution in [1.82, 2.24) is 5.32 Å². The zero-order valence-corrected chi connectivity index (χ0v) is 21.6. The van der Waals surface area contributed by atoms with Gasteiger partial charge in [0.25, 0.3) is 5.91 Å². The standard InChI is InChI=1S/C21H17F2N3O2S.C8H10O/c22-17-9-18(23)16(8-14(17)10-24)21-12-28-7-6-15(21)11-29-20(26-21)25-19(27)13-4-2-1-3-5-13;1-9-7-8-5-3-2-4-6-8/h1-5,8-9,15H,6-7,11-12H2,(H,25,26,27);2-6H,7H2,1H3. The van der Waals surface area contributed by atoms with E-state index < -0.39 is 17.2 Å². The molecular formula is C29H27F2N3O3S. The lowest BCUT2D eigenvalue weighted by atomic mass is 9.76. The fourth-order valence-electron chi connectivity index (χ4n) is 4.44. The maximum atomic E-state index is 14.8. The molecule has 1 saturated heterocycles. The number of aliphatic imine (C=N–C) groups is 1. The van der Waals surface area contributed by atoms with Gasteiger partial charge in [0.15, 0.2) is 5.17 Å². The van der Waals surface area contributed by atoms with E-state index in [2.05, 4.69) is 10.3 Å². The average molecular weight is 536 g/mol. The third kappa shape index (κ3) is 6.27. The summed E-state index contributed by atoms with van der Waals surface area (Å²) in [6.45, 7) is 1.32. The van der Waals surface area contributed by atoms with E-state index in [4.69, 9.17) is 9.47 Å². The largest absolute Gasteiger partial charge is 0.380 e. The van der Waals surface area contributed by atoms with Crippen molar-refractivity contribution < 1.29 is 23.0 Å². The highest BCUT2D eigenvalue weighted by Crippen LogP contribution is 2.45. The van der Waals surface area contributed by atoms with Gasteiger partial charge in [-0.3, -0.25) is 4.79 Å². The Morgan fingerprint density at radius 1 is 1.16 bits per heavy atom. The summed E-state index contributed by atoms with van der Waals surface area (Å²) in [6.07, 6.45) is 0.648. The number of hydrogen-bond donors (Lipinski definition) is 1. The fourth-order valence-corrected chi connectivity index (χ4v) is 5.63. The average Bonchev–Trinajstić information content (AvgIpc) is 2.94. The Labute approximate surface area is 224 Å². The van der Waals surface area contributed by atoms with Gasteiger partial charge in [-0.25, -0.2) is 13.8 Å². The van der Waals surface area contributed by atoms with Crippen molar-refractivity contribution in [3.8, 4) is 6.07 Å². The second-order valence-electron chi connectivity index (χ2n) is 8.85. The van der Waals surface area contributed by atoms with Crippen molar-refractivity contribution in [2.24, 2.45) is 10.9 Å². The van der Waals surface area contributed by atoms with Crippen molar-refractivity contribution >= 4 is 22.8 Å². The topological polar surface area (TPSA) is 83.7 Å². The molecule has 2 atom stereocenters. The zero-order chi connectivity index (χ0) is 27.0. The van der Waals surface area contributed by atoms with E-state index in [1.54, 1.807) is 37.4 Å². The molecule has 2 aliphatic heterocycles. The molecule has 0 aliphatic carbocycles. The highest BCUT2D eigenvalue weighted by Gasteiger charge is 2.48. The minimum absolute atomic E-state index is 0.0647. The first-order chi connectivity index (χ1) is 18.5. The summed E-state index contributed by atoms with van der Waals surface area (Å²) in [5.41, 5.74) is 0.452. The molecule has 1 fully saturated rings. The molecule has 3 aromatic carbocycles. The van der Waals surface area contributed by atoms with E-state index in [1.165, 1.54) is 23.4 Å².